The molecule has 0 atom stereocenters. The van der Waals surface area contributed by atoms with Crippen molar-refractivity contribution in [2.45, 2.75) is 6.61 Å². The van der Waals surface area contributed by atoms with Crippen LogP contribution in [0.1, 0.15) is 15.2 Å². The third-order valence-electron chi connectivity index (χ3n) is 5.35. The van der Waals surface area contributed by atoms with Gasteiger partial charge in [-0.3, -0.25) is 4.79 Å². The quantitative estimate of drug-likeness (QED) is 0.275. The summed E-state index contributed by atoms with van der Waals surface area (Å²) >= 11 is 1.36. The van der Waals surface area contributed by atoms with Gasteiger partial charge in [0.15, 0.2) is 0 Å². The van der Waals surface area contributed by atoms with Crippen molar-refractivity contribution in [2.24, 2.45) is 0 Å². The Morgan fingerprint density at radius 1 is 0.882 bits per heavy atom. The van der Waals surface area contributed by atoms with Gasteiger partial charge in [0, 0.05) is 29.0 Å². The molecule has 0 radical (unpaired) electrons. The Kier molecular flexibility index (Phi) is 6.23. The van der Waals surface area contributed by atoms with Gasteiger partial charge in [0.1, 0.15) is 23.1 Å². The van der Waals surface area contributed by atoms with Crippen molar-refractivity contribution in [1.82, 2.24) is 4.57 Å². The fraction of sp³-hybridized carbons (Fsp3) is 0.0357. The van der Waals surface area contributed by atoms with Crippen LogP contribution in [0.5, 0.6) is 5.75 Å². The standard InChI is InChI=1S/C28H21FN2O2S/c29-22-10-8-21(9-11-22)25-19-34-27(26(25)31-16-4-5-17-31)28(32)30-23-12-14-24(15-13-23)33-18-20-6-2-1-3-7-20/h1-17,19H,18H2,(H,30,32). The van der Waals surface area contributed by atoms with Crippen molar-refractivity contribution in [3.8, 4) is 22.6 Å². The fourth-order valence-electron chi connectivity index (χ4n) is 3.65. The average molecular weight is 469 g/mol. The molecule has 0 aliphatic heterocycles. The van der Waals surface area contributed by atoms with E-state index in [1.54, 1.807) is 12.1 Å². The van der Waals surface area contributed by atoms with Gasteiger partial charge in [-0.1, -0.05) is 42.5 Å². The van der Waals surface area contributed by atoms with Gasteiger partial charge in [0.25, 0.3) is 5.91 Å². The van der Waals surface area contributed by atoms with E-state index in [0.717, 1.165) is 28.1 Å². The van der Waals surface area contributed by atoms with Crippen LogP contribution >= 0.6 is 11.3 Å². The highest BCUT2D eigenvalue weighted by atomic mass is 32.1. The molecule has 2 aromatic heterocycles. The largest absolute Gasteiger partial charge is 0.489 e. The van der Waals surface area contributed by atoms with E-state index in [0.29, 0.717) is 17.2 Å². The maximum Gasteiger partial charge on any atom is 0.267 e. The molecule has 0 saturated heterocycles. The third kappa shape index (κ3) is 4.77. The number of benzene rings is 3. The van der Waals surface area contributed by atoms with E-state index in [9.17, 15) is 9.18 Å². The second-order valence-electron chi connectivity index (χ2n) is 7.68. The molecule has 6 heteroatoms. The summed E-state index contributed by atoms with van der Waals surface area (Å²) in [6.45, 7) is 0.480. The van der Waals surface area contributed by atoms with Gasteiger partial charge in [-0.25, -0.2) is 4.39 Å². The van der Waals surface area contributed by atoms with Crippen LogP contribution in [-0.4, -0.2) is 10.5 Å². The van der Waals surface area contributed by atoms with Crippen molar-refractivity contribution in [3.63, 3.8) is 0 Å². The number of nitrogens with zero attached hydrogens (tertiary/aromatic N) is 1. The molecule has 2 heterocycles. The summed E-state index contributed by atoms with van der Waals surface area (Å²) in [5, 5.41) is 4.91. The SMILES string of the molecule is O=C(Nc1ccc(OCc2ccccc2)cc1)c1scc(-c2ccc(F)cc2)c1-n1cccc1. The molecule has 1 amide bonds. The van der Waals surface area contributed by atoms with Gasteiger partial charge in [-0.15, -0.1) is 11.3 Å². The van der Waals surface area contributed by atoms with Crippen LogP contribution in [-0.2, 0) is 6.61 Å². The molecule has 0 bridgehead atoms. The van der Waals surface area contributed by atoms with Crippen LogP contribution in [0.25, 0.3) is 16.8 Å². The number of aromatic nitrogens is 1. The molecule has 168 valence electrons. The van der Waals surface area contributed by atoms with Gasteiger partial charge in [0.2, 0.25) is 0 Å². The van der Waals surface area contributed by atoms with Crippen LogP contribution in [0.4, 0.5) is 10.1 Å². The summed E-state index contributed by atoms with van der Waals surface area (Å²) in [6, 6.07) is 27.4. The number of anilines is 1. The predicted molar refractivity (Wildman–Crippen MR) is 134 cm³/mol. The molecule has 0 unspecified atom stereocenters. The number of nitrogens with one attached hydrogen (secondary N) is 1. The Labute approximate surface area is 200 Å². The zero-order chi connectivity index (χ0) is 23.3. The Bertz CT molecular complexity index is 1380. The maximum absolute atomic E-state index is 13.4. The van der Waals surface area contributed by atoms with Crippen molar-refractivity contribution < 1.29 is 13.9 Å². The van der Waals surface area contributed by atoms with Gasteiger partial charge in [-0.05, 0) is 59.7 Å². The molecule has 3 aromatic carbocycles. The molecular formula is C28H21FN2O2S. The van der Waals surface area contributed by atoms with Crippen LogP contribution in [0.3, 0.4) is 0 Å². The number of carbonyl (C=O) groups is 1. The second-order valence-corrected chi connectivity index (χ2v) is 8.56. The van der Waals surface area contributed by atoms with Crippen molar-refractivity contribution >= 4 is 22.9 Å². The number of ether oxygens (including phenoxy) is 1. The van der Waals surface area contributed by atoms with Gasteiger partial charge >= 0.3 is 0 Å². The highest BCUT2D eigenvalue weighted by molar-refractivity contribution is 7.13. The van der Waals surface area contributed by atoms with E-state index in [4.69, 9.17) is 4.74 Å². The van der Waals surface area contributed by atoms with Crippen LogP contribution in [0.2, 0.25) is 0 Å². The van der Waals surface area contributed by atoms with E-state index in [1.807, 2.05) is 89.1 Å². The molecule has 0 aliphatic rings. The summed E-state index contributed by atoms with van der Waals surface area (Å²) in [6.07, 6.45) is 3.79. The number of rotatable bonds is 7. The second kappa shape index (κ2) is 9.77. The van der Waals surface area contributed by atoms with E-state index in [2.05, 4.69) is 5.32 Å². The number of thiophene rings is 1. The van der Waals surface area contributed by atoms with E-state index >= 15 is 0 Å². The molecule has 4 nitrogen and oxygen atoms in total. The number of amides is 1. The van der Waals surface area contributed by atoms with Gasteiger partial charge < -0.3 is 14.6 Å². The van der Waals surface area contributed by atoms with Crippen molar-refractivity contribution in [3.05, 3.63) is 125 Å². The number of hydrogen-bond donors (Lipinski definition) is 1. The number of halogens is 1. The lowest BCUT2D eigenvalue weighted by Gasteiger charge is -2.11. The van der Waals surface area contributed by atoms with Crippen LogP contribution in [0, 0.1) is 5.82 Å². The summed E-state index contributed by atoms with van der Waals surface area (Å²) in [7, 11) is 0. The molecule has 0 aliphatic carbocycles. The first-order valence-electron chi connectivity index (χ1n) is 10.8. The highest BCUT2D eigenvalue weighted by Crippen LogP contribution is 2.35. The van der Waals surface area contributed by atoms with Crippen LogP contribution in [0.15, 0.2) is 109 Å². The summed E-state index contributed by atoms with van der Waals surface area (Å²) in [5.41, 5.74) is 4.25. The zero-order valence-corrected chi connectivity index (χ0v) is 19.0. The first kappa shape index (κ1) is 21.7. The molecular weight excluding hydrogens is 447 g/mol. The van der Waals surface area contributed by atoms with Gasteiger partial charge in [-0.2, -0.15) is 0 Å². The highest BCUT2D eigenvalue weighted by Gasteiger charge is 2.20. The normalized spacial score (nSPS) is 10.7. The molecule has 34 heavy (non-hydrogen) atoms. The molecule has 0 fully saturated rings. The topological polar surface area (TPSA) is 43.3 Å². The van der Waals surface area contributed by atoms with Crippen molar-refractivity contribution in [2.75, 3.05) is 5.32 Å². The first-order valence-corrected chi connectivity index (χ1v) is 11.6. The molecule has 1 N–H and O–H groups in total. The number of hydrogen-bond acceptors (Lipinski definition) is 3. The Morgan fingerprint density at radius 2 is 1.59 bits per heavy atom. The van der Waals surface area contributed by atoms with Crippen LogP contribution < -0.4 is 10.1 Å². The Hall–Kier alpha value is -4.16. The molecule has 5 aromatic rings. The Balaban J connectivity index is 1.35. The lowest BCUT2D eigenvalue weighted by molar-refractivity contribution is 0.103. The smallest absolute Gasteiger partial charge is 0.267 e. The number of carbonyl (C=O) groups excluding carboxylic acids is 1. The molecule has 0 spiro atoms. The minimum absolute atomic E-state index is 0.208. The van der Waals surface area contributed by atoms with E-state index in [1.165, 1.54) is 23.5 Å². The summed E-state index contributed by atoms with van der Waals surface area (Å²) in [5.74, 6) is 0.222. The summed E-state index contributed by atoms with van der Waals surface area (Å²) < 4.78 is 21.2. The van der Waals surface area contributed by atoms with Crippen molar-refractivity contribution in [1.29, 1.82) is 0 Å². The van der Waals surface area contributed by atoms with E-state index < -0.39 is 0 Å². The minimum Gasteiger partial charge on any atom is -0.489 e. The third-order valence-corrected chi connectivity index (χ3v) is 6.32. The Morgan fingerprint density at radius 3 is 2.29 bits per heavy atom. The average Bonchev–Trinajstić information content (AvgIpc) is 3.55. The molecule has 0 saturated carbocycles. The predicted octanol–water partition coefficient (Wildman–Crippen LogP) is 7.18. The van der Waals surface area contributed by atoms with E-state index in [-0.39, 0.29) is 11.7 Å². The maximum atomic E-state index is 13.4. The minimum atomic E-state index is -0.296. The first-order chi connectivity index (χ1) is 16.7. The lowest BCUT2D eigenvalue weighted by Crippen LogP contribution is -2.13. The molecule has 5 rings (SSSR count). The zero-order valence-electron chi connectivity index (χ0n) is 18.1. The fourth-order valence-corrected chi connectivity index (χ4v) is 4.62. The lowest BCUT2D eigenvalue weighted by atomic mass is 10.1. The van der Waals surface area contributed by atoms with Gasteiger partial charge in [0.05, 0.1) is 5.69 Å². The monoisotopic (exact) mass is 468 g/mol. The summed E-state index contributed by atoms with van der Waals surface area (Å²) in [4.78, 5) is 13.8.